The number of ether oxygens (including phenoxy) is 1. The first-order chi connectivity index (χ1) is 19.4. The summed E-state index contributed by atoms with van der Waals surface area (Å²) >= 11 is 0. The summed E-state index contributed by atoms with van der Waals surface area (Å²) < 4.78 is 5.45. The number of methoxy groups -OCH3 is 1. The maximum Gasteiger partial charge on any atom is 0.254 e. The normalized spacial score (nSPS) is 16.8. The second kappa shape index (κ2) is 13.7. The van der Waals surface area contributed by atoms with Crippen LogP contribution in [0.4, 0.5) is 0 Å². The molecule has 2 atom stereocenters. The van der Waals surface area contributed by atoms with E-state index in [9.17, 15) is 14.9 Å². The Labute approximate surface area is 236 Å². The zero-order valence-corrected chi connectivity index (χ0v) is 23.2. The van der Waals surface area contributed by atoms with Crippen LogP contribution in [-0.4, -0.2) is 60.4 Å². The van der Waals surface area contributed by atoms with Gasteiger partial charge in [-0.1, -0.05) is 42.0 Å². The Kier molecular flexibility index (Phi) is 9.90. The summed E-state index contributed by atoms with van der Waals surface area (Å²) in [5.74, 6) is 0.460. The lowest BCUT2D eigenvalue weighted by Gasteiger charge is -2.43. The van der Waals surface area contributed by atoms with Gasteiger partial charge in [-0.15, -0.1) is 0 Å². The Morgan fingerprint density at radius 1 is 1.07 bits per heavy atom. The third-order valence-electron chi connectivity index (χ3n) is 7.39. The van der Waals surface area contributed by atoms with Crippen molar-refractivity contribution in [1.82, 2.24) is 15.1 Å². The molecule has 8 nitrogen and oxygen atoms in total. The Balaban J connectivity index is 1.61. The van der Waals surface area contributed by atoms with Crippen LogP contribution in [-0.2, 0) is 17.9 Å². The number of rotatable bonds is 10. The van der Waals surface area contributed by atoms with Gasteiger partial charge in [-0.2, -0.15) is 5.26 Å². The lowest BCUT2D eigenvalue weighted by Crippen LogP contribution is -2.57. The molecule has 3 aromatic carbocycles. The summed E-state index contributed by atoms with van der Waals surface area (Å²) in [5, 5.41) is 12.1. The number of hydrogen-bond donors (Lipinski definition) is 2. The Bertz CT molecular complexity index is 1330. The molecule has 1 heterocycles. The minimum absolute atomic E-state index is 0.0394. The Hall–Kier alpha value is -4.19. The molecule has 208 valence electrons. The fourth-order valence-electron chi connectivity index (χ4n) is 5.18. The highest BCUT2D eigenvalue weighted by molar-refractivity contribution is 5.97. The molecule has 0 aliphatic carbocycles. The van der Waals surface area contributed by atoms with Gasteiger partial charge in [-0.25, -0.2) is 0 Å². The largest absolute Gasteiger partial charge is 0.497 e. The zero-order chi connectivity index (χ0) is 28.5. The molecule has 1 aliphatic heterocycles. The first-order valence-electron chi connectivity index (χ1n) is 13.6. The number of benzene rings is 3. The number of hydrogen-bond acceptors (Lipinski definition) is 6. The van der Waals surface area contributed by atoms with Crippen LogP contribution in [0.1, 0.15) is 45.5 Å². The van der Waals surface area contributed by atoms with Gasteiger partial charge in [0.05, 0.1) is 18.7 Å². The highest BCUT2D eigenvalue weighted by Crippen LogP contribution is 2.28. The van der Waals surface area contributed by atoms with E-state index in [1.54, 1.807) is 12.0 Å². The van der Waals surface area contributed by atoms with Crippen LogP contribution in [0.5, 0.6) is 5.75 Å². The van der Waals surface area contributed by atoms with Crippen LogP contribution >= 0.6 is 0 Å². The summed E-state index contributed by atoms with van der Waals surface area (Å²) in [5.41, 5.74) is 10.1. The minimum Gasteiger partial charge on any atom is -0.497 e. The summed E-state index contributed by atoms with van der Waals surface area (Å²) in [6.07, 6.45) is 1.22. The molecule has 1 saturated heterocycles. The minimum atomic E-state index is -0.618. The van der Waals surface area contributed by atoms with E-state index < -0.39 is 6.04 Å². The number of amides is 2. The van der Waals surface area contributed by atoms with Crippen LogP contribution in [0.25, 0.3) is 0 Å². The van der Waals surface area contributed by atoms with Crippen molar-refractivity contribution in [1.29, 1.82) is 5.26 Å². The van der Waals surface area contributed by atoms with Crippen LogP contribution in [0.15, 0.2) is 72.8 Å². The van der Waals surface area contributed by atoms with E-state index >= 15 is 0 Å². The SMILES string of the molecule is COc1cccc(CN(Cc2ccc(C#N)cc2)C2CCN(C(=O)c3ccc(C)cc3)[C@@H](C(=O)NCCN)C2)c1. The van der Waals surface area contributed by atoms with E-state index in [-0.39, 0.29) is 17.9 Å². The van der Waals surface area contributed by atoms with Crippen molar-refractivity contribution < 1.29 is 14.3 Å². The number of piperidine rings is 1. The predicted octanol–water partition coefficient (Wildman–Crippen LogP) is 3.63. The molecule has 0 bridgehead atoms. The van der Waals surface area contributed by atoms with Crippen LogP contribution < -0.4 is 15.8 Å². The topological polar surface area (TPSA) is 112 Å². The molecule has 40 heavy (non-hydrogen) atoms. The van der Waals surface area contributed by atoms with E-state index in [1.165, 1.54) is 0 Å². The van der Waals surface area contributed by atoms with Gasteiger partial charge in [0.15, 0.2) is 0 Å². The second-order valence-corrected chi connectivity index (χ2v) is 10.2. The van der Waals surface area contributed by atoms with E-state index in [0.29, 0.717) is 50.3 Å². The zero-order valence-electron chi connectivity index (χ0n) is 23.2. The molecule has 0 aromatic heterocycles. The van der Waals surface area contributed by atoms with Crippen LogP contribution in [0.3, 0.4) is 0 Å². The summed E-state index contributed by atoms with van der Waals surface area (Å²) in [4.78, 5) is 31.0. The first-order valence-corrected chi connectivity index (χ1v) is 13.6. The molecule has 3 aromatic rings. The van der Waals surface area contributed by atoms with E-state index in [0.717, 1.165) is 28.9 Å². The molecule has 0 saturated carbocycles. The van der Waals surface area contributed by atoms with Crippen molar-refractivity contribution in [3.63, 3.8) is 0 Å². The highest BCUT2D eigenvalue weighted by Gasteiger charge is 2.38. The Morgan fingerprint density at radius 3 is 2.48 bits per heavy atom. The number of carbonyl (C=O) groups excluding carboxylic acids is 2. The molecule has 3 N–H and O–H groups in total. The maximum atomic E-state index is 13.6. The average molecular weight is 540 g/mol. The fraction of sp³-hybridized carbons (Fsp3) is 0.344. The molecule has 1 aliphatic rings. The monoisotopic (exact) mass is 539 g/mol. The average Bonchev–Trinajstić information content (AvgIpc) is 2.99. The molecule has 0 radical (unpaired) electrons. The smallest absolute Gasteiger partial charge is 0.254 e. The number of nitrogens with one attached hydrogen (secondary N) is 1. The first kappa shape index (κ1) is 28.8. The maximum absolute atomic E-state index is 13.6. The van der Waals surface area contributed by atoms with Crippen molar-refractivity contribution in [3.05, 3.63) is 101 Å². The van der Waals surface area contributed by atoms with Crippen molar-refractivity contribution in [2.24, 2.45) is 5.73 Å². The van der Waals surface area contributed by atoms with Gasteiger partial charge in [0, 0.05) is 44.3 Å². The molecule has 1 fully saturated rings. The second-order valence-electron chi connectivity index (χ2n) is 10.2. The van der Waals surface area contributed by atoms with Gasteiger partial charge in [0.25, 0.3) is 5.91 Å². The lowest BCUT2D eigenvalue weighted by molar-refractivity contribution is -0.127. The van der Waals surface area contributed by atoms with Gasteiger partial charge >= 0.3 is 0 Å². The van der Waals surface area contributed by atoms with Gasteiger partial charge in [0.1, 0.15) is 11.8 Å². The standard InChI is InChI=1S/C32H37N5O3/c1-23-6-12-27(13-7-23)32(39)37-17-14-28(19-30(37)31(38)35-16-15-33)36(21-25-10-8-24(20-34)9-11-25)22-26-4-3-5-29(18-26)40-2/h3-13,18,28,30H,14-17,19,21-22,33H2,1-2H3,(H,35,38)/t28?,30-/m1/s1. The molecule has 8 heteroatoms. The van der Waals surface area contributed by atoms with Gasteiger partial charge in [-0.3, -0.25) is 14.5 Å². The summed E-state index contributed by atoms with van der Waals surface area (Å²) in [6, 6.07) is 24.6. The van der Waals surface area contributed by atoms with Crippen molar-refractivity contribution in [2.75, 3.05) is 26.7 Å². The van der Waals surface area contributed by atoms with Crippen molar-refractivity contribution in [3.8, 4) is 11.8 Å². The highest BCUT2D eigenvalue weighted by atomic mass is 16.5. The lowest BCUT2D eigenvalue weighted by atomic mass is 9.93. The molecular weight excluding hydrogens is 502 g/mol. The molecule has 4 rings (SSSR count). The summed E-state index contributed by atoms with van der Waals surface area (Å²) in [6.45, 7) is 4.40. The number of nitrogens with zero attached hydrogens (tertiary/aromatic N) is 3. The Morgan fingerprint density at radius 2 is 1.80 bits per heavy atom. The quantitative estimate of drug-likeness (QED) is 0.407. The van der Waals surface area contributed by atoms with E-state index in [2.05, 4.69) is 22.4 Å². The third kappa shape index (κ3) is 7.26. The molecular formula is C32H37N5O3. The number of nitriles is 1. The molecule has 0 spiro atoms. The number of likely N-dealkylation sites (tertiary alicyclic amines) is 1. The van der Waals surface area contributed by atoms with E-state index in [4.69, 9.17) is 10.5 Å². The number of nitrogens with two attached hydrogens (primary N) is 1. The van der Waals surface area contributed by atoms with Gasteiger partial charge in [-0.05, 0) is 67.3 Å². The summed E-state index contributed by atoms with van der Waals surface area (Å²) in [7, 11) is 1.65. The van der Waals surface area contributed by atoms with Crippen LogP contribution in [0, 0.1) is 18.3 Å². The van der Waals surface area contributed by atoms with E-state index in [1.807, 2.05) is 73.7 Å². The molecule has 2 amide bonds. The van der Waals surface area contributed by atoms with Crippen molar-refractivity contribution >= 4 is 11.8 Å². The van der Waals surface area contributed by atoms with Gasteiger partial charge in [0.2, 0.25) is 5.91 Å². The fourth-order valence-corrected chi connectivity index (χ4v) is 5.18. The molecule has 1 unspecified atom stereocenters. The third-order valence-corrected chi connectivity index (χ3v) is 7.39. The van der Waals surface area contributed by atoms with Crippen LogP contribution in [0.2, 0.25) is 0 Å². The van der Waals surface area contributed by atoms with Gasteiger partial charge < -0.3 is 20.7 Å². The van der Waals surface area contributed by atoms with Crippen molar-refractivity contribution in [2.45, 2.75) is 44.9 Å². The number of carbonyl (C=O) groups is 2. The number of aryl methyl sites for hydroxylation is 1. The predicted molar refractivity (Wildman–Crippen MR) is 154 cm³/mol.